The summed E-state index contributed by atoms with van der Waals surface area (Å²) in [5.41, 5.74) is 8.37. The van der Waals surface area contributed by atoms with Crippen LogP contribution < -0.4 is 19.9 Å². The minimum Gasteiger partial charge on any atom is -0.493 e. The molecule has 1 atom stereocenters. The Morgan fingerprint density at radius 2 is 1.61 bits per heavy atom. The Kier molecular flexibility index (Phi) is 6.29. The van der Waals surface area contributed by atoms with E-state index < -0.39 is 0 Å². The van der Waals surface area contributed by atoms with Gasteiger partial charge in [0.1, 0.15) is 12.4 Å². The molecule has 0 saturated heterocycles. The van der Waals surface area contributed by atoms with Crippen molar-refractivity contribution < 1.29 is 14.2 Å². The molecule has 0 aliphatic rings. The Morgan fingerprint density at radius 1 is 0.957 bits per heavy atom. The molecular formula is C19H25NO3. The average Bonchev–Trinajstić information content (AvgIpc) is 2.60. The fourth-order valence-electron chi connectivity index (χ4n) is 2.49. The van der Waals surface area contributed by atoms with E-state index >= 15 is 0 Å². The minimum absolute atomic E-state index is 0.0921. The highest BCUT2D eigenvalue weighted by atomic mass is 16.5. The highest BCUT2D eigenvalue weighted by Crippen LogP contribution is 2.38. The first kappa shape index (κ1) is 17.2. The predicted octanol–water partition coefficient (Wildman–Crippen LogP) is 4.08. The summed E-state index contributed by atoms with van der Waals surface area (Å²) in [6.07, 6.45) is 1.89. The second-order valence-electron chi connectivity index (χ2n) is 5.41. The van der Waals surface area contributed by atoms with Gasteiger partial charge in [0.15, 0.2) is 11.5 Å². The van der Waals surface area contributed by atoms with Crippen LogP contribution in [-0.4, -0.2) is 14.2 Å². The van der Waals surface area contributed by atoms with Gasteiger partial charge in [-0.05, 0) is 18.1 Å². The lowest BCUT2D eigenvalue weighted by Gasteiger charge is -2.19. The van der Waals surface area contributed by atoms with Gasteiger partial charge in [-0.15, -0.1) is 0 Å². The summed E-state index contributed by atoms with van der Waals surface area (Å²) < 4.78 is 16.8. The summed E-state index contributed by atoms with van der Waals surface area (Å²) in [7, 11) is 3.24. The zero-order chi connectivity index (χ0) is 16.7. The second-order valence-corrected chi connectivity index (χ2v) is 5.41. The number of benzene rings is 2. The molecule has 0 aliphatic carbocycles. The Bertz CT molecular complexity index is 614. The Hall–Kier alpha value is -2.20. The molecule has 0 aliphatic heterocycles. The van der Waals surface area contributed by atoms with Crippen molar-refractivity contribution in [2.75, 3.05) is 14.2 Å². The van der Waals surface area contributed by atoms with E-state index in [2.05, 4.69) is 6.92 Å². The number of ether oxygens (including phenoxy) is 3. The number of methoxy groups -OCH3 is 2. The molecule has 124 valence electrons. The molecule has 2 N–H and O–H groups in total. The van der Waals surface area contributed by atoms with Crippen molar-refractivity contribution >= 4 is 0 Å². The quantitative estimate of drug-likeness (QED) is 0.797. The van der Waals surface area contributed by atoms with E-state index in [0.29, 0.717) is 18.1 Å². The van der Waals surface area contributed by atoms with Gasteiger partial charge >= 0.3 is 0 Å². The maximum Gasteiger partial charge on any atom is 0.164 e. The van der Waals surface area contributed by atoms with Gasteiger partial charge in [-0.25, -0.2) is 0 Å². The van der Waals surface area contributed by atoms with Crippen molar-refractivity contribution in [2.24, 2.45) is 5.73 Å². The summed E-state index contributed by atoms with van der Waals surface area (Å²) in [6, 6.07) is 13.7. The minimum atomic E-state index is -0.0921. The molecule has 0 fully saturated rings. The van der Waals surface area contributed by atoms with Gasteiger partial charge in [-0.3, -0.25) is 0 Å². The van der Waals surface area contributed by atoms with Crippen molar-refractivity contribution in [1.82, 2.24) is 0 Å². The van der Waals surface area contributed by atoms with Gasteiger partial charge in [0.05, 0.1) is 14.2 Å². The first-order chi connectivity index (χ1) is 11.2. The van der Waals surface area contributed by atoms with Crippen molar-refractivity contribution in [3.05, 3.63) is 53.6 Å². The Labute approximate surface area is 138 Å². The number of rotatable bonds is 8. The van der Waals surface area contributed by atoms with Crippen LogP contribution in [-0.2, 0) is 6.61 Å². The fourth-order valence-corrected chi connectivity index (χ4v) is 2.49. The molecule has 0 heterocycles. The predicted molar refractivity (Wildman–Crippen MR) is 92.2 cm³/mol. The summed E-state index contributed by atoms with van der Waals surface area (Å²) >= 11 is 0. The van der Waals surface area contributed by atoms with Crippen LogP contribution in [0.25, 0.3) is 0 Å². The highest BCUT2D eigenvalue weighted by molar-refractivity contribution is 5.51. The lowest BCUT2D eigenvalue weighted by Crippen LogP contribution is -2.12. The smallest absolute Gasteiger partial charge is 0.164 e. The topological polar surface area (TPSA) is 53.7 Å². The van der Waals surface area contributed by atoms with Crippen LogP contribution in [0.1, 0.15) is 36.9 Å². The maximum absolute atomic E-state index is 6.31. The molecule has 2 aromatic rings. The fraction of sp³-hybridized carbons (Fsp3) is 0.368. The van der Waals surface area contributed by atoms with Crippen LogP contribution in [0.15, 0.2) is 42.5 Å². The molecular weight excluding hydrogens is 290 g/mol. The first-order valence-corrected chi connectivity index (χ1v) is 7.87. The van der Waals surface area contributed by atoms with Gasteiger partial charge in [0.25, 0.3) is 0 Å². The van der Waals surface area contributed by atoms with Gasteiger partial charge in [0.2, 0.25) is 0 Å². The molecule has 0 aromatic heterocycles. The van der Waals surface area contributed by atoms with Crippen LogP contribution in [0.4, 0.5) is 0 Å². The van der Waals surface area contributed by atoms with E-state index in [1.165, 1.54) is 0 Å². The highest BCUT2D eigenvalue weighted by Gasteiger charge is 2.17. The Morgan fingerprint density at radius 3 is 2.22 bits per heavy atom. The van der Waals surface area contributed by atoms with Crippen molar-refractivity contribution in [1.29, 1.82) is 0 Å². The lowest BCUT2D eigenvalue weighted by atomic mass is 10.0. The molecule has 0 spiro atoms. The first-order valence-electron chi connectivity index (χ1n) is 7.87. The molecule has 23 heavy (non-hydrogen) atoms. The van der Waals surface area contributed by atoms with E-state index in [1.54, 1.807) is 14.2 Å². The molecule has 0 saturated carbocycles. The van der Waals surface area contributed by atoms with Gasteiger partial charge in [-0.2, -0.15) is 0 Å². The molecule has 2 aromatic carbocycles. The number of hydrogen-bond acceptors (Lipinski definition) is 4. The van der Waals surface area contributed by atoms with Crippen molar-refractivity contribution in [3.63, 3.8) is 0 Å². The largest absolute Gasteiger partial charge is 0.493 e. The van der Waals surface area contributed by atoms with Crippen molar-refractivity contribution in [3.8, 4) is 17.2 Å². The van der Waals surface area contributed by atoms with E-state index in [9.17, 15) is 0 Å². The van der Waals surface area contributed by atoms with Crippen LogP contribution in [0.2, 0.25) is 0 Å². The van der Waals surface area contributed by atoms with Crippen LogP contribution in [0.5, 0.6) is 17.2 Å². The SMILES string of the molecule is CCC[C@@H](N)c1cc(OC)c(OC)cc1OCc1ccccc1. The Balaban J connectivity index is 2.30. The number of nitrogens with two attached hydrogens (primary N) is 1. The third kappa shape index (κ3) is 4.39. The third-order valence-corrected chi connectivity index (χ3v) is 3.75. The molecule has 0 radical (unpaired) electrons. The number of hydrogen-bond donors (Lipinski definition) is 1. The normalized spacial score (nSPS) is 11.8. The molecule has 4 nitrogen and oxygen atoms in total. The molecule has 0 amide bonds. The van der Waals surface area contributed by atoms with Crippen LogP contribution in [0.3, 0.4) is 0 Å². The van der Waals surface area contributed by atoms with E-state index in [1.807, 2.05) is 42.5 Å². The van der Waals surface area contributed by atoms with Gasteiger partial charge in [0, 0.05) is 17.7 Å². The van der Waals surface area contributed by atoms with E-state index in [4.69, 9.17) is 19.9 Å². The van der Waals surface area contributed by atoms with E-state index in [-0.39, 0.29) is 6.04 Å². The zero-order valence-corrected chi connectivity index (χ0v) is 14.0. The third-order valence-electron chi connectivity index (χ3n) is 3.75. The van der Waals surface area contributed by atoms with Crippen LogP contribution >= 0.6 is 0 Å². The monoisotopic (exact) mass is 315 g/mol. The lowest BCUT2D eigenvalue weighted by molar-refractivity contribution is 0.294. The summed E-state index contributed by atoms with van der Waals surface area (Å²) in [6.45, 7) is 2.60. The summed E-state index contributed by atoms with van der Waals surface area (Å²) in [4.78, 5) is 0. The molecule has 0 unspecified atom stereocenters. The standard InChI is InChI=1S/C19H25NO3/c1-4-8-16(20)15-11-18(21-2)19(22-3)12-17(15)23-13-14-9-6-5-7-10-14/h5-7,9-12,16H,4,8,13,20H2,1-3H3/t16-/m1/s1. The second kappa shape index (κ2) is 8.44. The summed E-state index contributed by atoms with van der Waals surface area (Å²) in [5.74, 6) is 2.05. The van der Waals surface area contributed by atoms with Gasteiger partial charge in [-0.1, -0.05) is 43.7 Å². The molecule has 0 bridgehead atoms. The van der Waals surface area contributed by atoms with Gasteiger partial charge < -0.3 is 19.9 Å². The van der Waals surface area contributed by atoms with Crippen molar-refractivity contribution in [2.45, 2.75) is 32.4 Å². The van der Waals surface area contributed by atoms with Crippen LogP contribution in [0, 0.1) is 0 Å². The maximum atomic E-state index is 6.31. The molecule has 4 heteroatoms. The summed E-state index contributed by atoms with van der Waals surface area (Å²) in [5, 5.41) is 0. The zero-order valence-electron chi connectivity index (χ0n) is 14.0. The molecule has 2 rings (SSSR count). The van der Waals surface area contributed by atoms with E-state index in [0.717, 1.165) is 29.7 Å². The average molecular weight is 315 g/mol.